The zero-order chi connectivity index (χ0) is 7.98. The largest absolute Gasteiger partial charge is 0.469 e. The predicted molar refractivity (Wildman–Crippen MR) is 45.0 cm³/mol. The molecule has 0 aliphatic rings. The Balaban J connectivity index is 3.43. The van der Waals surface area contributed by atoms with Crippen molar-refractivity contribution in [1.29, 1.82) is 0 Å². The van der Waals surface area contributed by atoms with Crippen molar-refractivity contribution >= 4 is 16.9 Å². The van der Waals surface area contributed by atoms with Gasteiger partial charge in [-0.15, -0.1) is 0 Å². The van der Waals surface area contributed by atoms with Gasteiger partial charge >= 0.3 is 5.97 Å². The SMILES string of the molecule is COC(=O)C/C=C/[S+](C)C. The van der Waals surface area contributed by atoms with E-state index in [9.17, 15) is 4.79 Å². The van der Waals surface area contributed by atoms with Gasteiger partial charge < -0.3 is 4.74 Å². The lowest BCUT2D eigenvalue weighted by atomic mass is 10.4. The van der Waals surface area contributed by atoms with Crippen LogP contribution in [0.25, 0.3) is 0 Å². The standard InChI is InChI=1S/C7H13O2S/c1-9-7(8)5-4-6-10(2)3/h4,6H,5H2,1-3H3/q+1/b6-4+. The van der Waals surface area contributed by atoms with Crippen molar-refractivity contribution in [2.24, 2.45) is 0 Å². The number of hydrogen-bond acceptors (Lipinski definition) is 2. The Bertz CT molecular complexity index is 130. The topological polar surface area (TPSA) is 26.3 Å². The van der Waals surface area contributed by atoms with E-state index in [4.69, 9.17) is 0 Å². The minimum absolute atomic E-state index is 0.179. The second-order valence-electron chi connectivity index (χ2n) is 2.03. The fraction of sp³-hybridized carbons (Fsp3) is 0.571. The van der Waals surface area contributed by atoms with Crippen LogP contribution in [0.2, 0.25) is 0 Å². The van der Waals surface area contributed by atoms with Gasteiger partial charge in [-0.05, 0) is 6.08 Å². The number of esters is 1. The summed E-state index contributed by atoms with van der Waals surface area (Å²) >= 11 is 0. The van der Waals surface area contributed by atoms with Crippen molar-refractivity contribution in [1.82, 2.24) is 0 Å². The molecule has 0 rings (SSSR count). The van der Waals surface area contributed by atoms with Crippen LogP contribution in [0.5, 0.6) is 0 Å². The first kappa shape index (κ1) is 9.56. The molecule has 0 radical (unpaired) electrons. The van der Waals surface area contributed by atoms with Gasteiger partial charge in [0.15, 0.2) is 0 Å². The number of ether oxygens (including phenoxy) is 1. The van der Waals surface area contributed by atoms with Gasteiger partial charge in [0.25, 0.3) is 0 Å². The zero-order valence-electron chi connectivity index (χ0n) is 6.59. The van der Waals surface area contributed by atoms with Crippen LogP contribution in [0.1, 0.15) is 6.42 Å². The normalized spacial score (nSPS) is 10.8. The molecular weight excluding hydrogens is 148 g/mol. The predicted octanol–water partition coefficient (Wildman–Crippen LogP) is 0.941. The molecule has 0 aromatic carbocycles. The summed E-state index contributed by atoms with van der Waals surface area (Å²) in [5.41, 5.74) is 0. The average Bonchev–Trinajstić information content (AvgIpc) is 1.87. The van der Waals surface area contributed by atoms with Crippen LogP contribution >= 0.6 is 0 Å². The van der Waals surface area contributed by atoms with Crippen LogP contribution < -0.4 is 0 Å². The smallest absolute Gasteiger partial charge is 0.309 e. The molecule has 0 saturated heterocycles. The van der Waals surface area contributed by atoms with Crippen molar-refractivity contribution in [2.45, 2.75) is 6.42 Å². The van der Waals surface area contributed by atoms with Gasteiger partial charge in [-0.3, -0.25) is 4.79 Å². The first-order chi connectivity index (χ1) is 4.66. The van der Waals surface area contributed by atoms with Crippen molar-refractivity contribution in [3.8, 4) is 0 Å². The summed E-state index contributed by atoms with van der Waals surface area (Å²) in [7, 11) is 1.67. The summed E-state index contributed by atoms with van der Waals surface area (Å²) in [6, 6.07) is 0. The molecule has 0 aliphatic heterocycles. The van der Waals surface area contributed by atoms with E-state index in [0.717, 1.165) is 0 Å². The number of carbonyl (C=O) groups excluding carboxylic acids is 1. The molecule has 10 heavy (non-hydrogen) atoms. The van der Waals surface area contributed by atoms with Crippen molar-refractivity contribution in [3.63, 3.8) is 0 Å². The first-order valence-electron chi connectivity index (χ1n) is 2.96. The van der Waals surface area contributed by atoms with E-state index in [1.807, 2.05) is 11.5 Å². The zero-order valence-corrected chi connectivity index (χ0v) is 7.40. The van der Waals surface area contributed by atoms with Gasteiger partial charge in [-0.2, -0.15) is 0 Å². The lowest BCUT2D eigenvalue weighted by Crippen LogP contribution is -1.97. The Morgan fingerprint density at radius 2 is 2.20 bits per heavy atom. The van der Waals surface area contributed by atoms with Crippen LogP contribution in [0.3, 0.4) is 0 Å². The fourth-order valence-electron chi connectivity index (χ4n) is 0.420. The Hall–Kier alpha value is -0.440. The Labute approximate surface area is 64.6 Å². The minimum Gasteiger partial charge on any atom is -0.469 e. The number of carbonyl (C=O) groups is 1. The maximum absolute atomic E-state index is 10.5. The Morgan fingerprint density at radius 3 is 2.60 bits per heavy atom. The highest BCUT2D eigenvalue weighted by atomic mass is 32.2. The van der Waals surface area contributed by atoms with Gasteiger partial charge in [0.05, 0.1) is 13.5 Å². The summed E-state index contributed by atoms with van der Waals surface area (Å²) in [5.74, 6) is -0.179. The molecule has 58 valence electrons. The second kappa shape index (κ2) is 5.35. The maximum Gasteiger partial charge on any atom is 0.309 e. The van der Waals surface area contributed by atoms with E-state index in [0.29, 0.717) is 6.42 Å². The van der Waals surface area contributed by atoms with E-state index in [2.05, 4.69) is 17.2 Å². The first-order valence-corrected chi connectivity index (χ1v) is 5.07. The van der Waals surface area contributed by atoms with Crippen LogP contribution in [0, 0.1) is 0 Å². The lowest BCUT2D eigenvalue weighted by molar-refractivity contribution is -0.139. The molecule has 0 aromatic rings. The van der Waals surface area contributed by atoms with E-state index in [1.54, 1.807) is 0 Å². The van der Waals surface area contributed by atoms with Gasteiger partial charge in [0, 0.05) is 10.9 Å². The van der Waals surface area contributed by atoms with Crippen molar-refractivity contribution < 1.29 is 9.53 Å². The molecule has 0 bridgehead atoms. The highest BCUT2D eigenvalue weighted by Crippen LogP contribution is 1.91. The summed E-state index contributed by atoms with van der Waals surface area (Å²) < 4.78 is 4.44. The van der Waals surface area contributed by atoms with Crippen LogP contribution in [-0.2, 0) is 20.4 Å². The molecule has 0 unspecified atom stereocenters. The minimum atomic E-state index is -0.179. The maximum atomic E-state index is 10.5. The highest BCUT2D eigenvalue weighted by molar-refractivity contribution is 7.98. The summed E-state index contributed by atoms with van der Waals surface area (Å²) in [4.78, 5) is 10.5. The van der Waals surface area contributed by atoms with Crippen LogP contribution in [0.4, 0.5) is 0 Å². The van der Waals surface area contributed by atoms with Gasteiger partial charge in [-0.25, -0.2) is 0 Å². The van der Waals surface area contributed by atoms with Gasteiger partial charge in [0.2, 0.25) is 0 Å². The fourth-order valence-corrected chi connectivity index (χ4v) is 0.901. The van der Waals surface area contributed by atoms with E-state index in [1.165, 1.54) is 7.11 Å². The third-order valence-electron chi connectivity index (χ3n) is 0.881. The average molecular weight is 161 g/mol. The monoisotopic (exact) mass is 161 g/mol. The van der Waals surface area contributed by atoms with Crippen LogP contribution in [-0.4, -0.2) is 25.6 Å². The van der Waals surface area contributed by atoms with Gasteiger partial charge in [0.1, 0.15) is 17.9 Å². The van der Waals surface area contributed by atoms with Crippen LogP contribution in [0.15, 0.2) is 11.5 Å². The van der Waals surface area contributed by atoms with E-state index < -0.39 is 0 Å². The Morgan fingerprint density at radius 1 is 1.60 bits per heavy atom. The molecule has 3 heteroatoms. The van der Waals surface area contributed by atoms with Crippen molar-refractivity contribution in [2.75, 3.05) is 19.6 Å². The molecule has 0 aromatic heterocycles. The molecule has 0 aliphatic carbocycles. The summed E-state index contributed by atoms with van der Waals surface area (Å²) in [6.45, 7) is 0. The molecule has 0 heterocycles. The molecule has 2 nitrogen and oxygen atoms in total. The van der Waals surface area contributed by atoms with Gasteiger partial charge in [-0.1, -0.05) is 0 Å². The molecule has 0 N–H and O–H groups in total. The summed E-state index contributed by atoms with van der Waals surface area (Å²) in [6.07, 6.45) is 6.41. The second-order valence-corrected chi connectivity index (χ2v) is 4.06. The third-order valence-corrected chi connectivity index (χ3v) is 1.62. The van der Waals surface area contributed by atoms with Crippen molar-refractivity contribution in [3.05, 3.63) is 11.5 Å². The molecule has 0 atom stereocenters. The van der Waals surface area contributed by atoms with E-state index >= 15 is 0 Å². The third kappa shape index (κ3) is 5.69. The molecule has 0 spiro atoms. The quantitative estimate of drug-likeness (QED) is 0.455. The number of methoxy groups -OCH3 is 1. The Kier molecular flexibility index (Phi) is 5.12. The molecule has 0 saturated carbocycles. The molecule has 0 amide bonds. The number of hydrogen-bond donors (Lipinski definition) is 0. The lowest BCUT2D eigenvalue weighted by Gasteiger charge is -1.90. The molecule has 0 fully saturated rings. The number of rotatable bonds is 3. The van der Waals surface area contributed by atoms with E-state index in [-0.39, 0.29) is 16.9 Å². The highest BCUT2D eigenvalue weighted by Gasteiger charge is 1.97. The molecular formula is C7H13O2S+. The summed E-state index contributed by atoms with van der Waals surface area (Å²) in [5, 5.41) is 2.01.